The van der Waals surface area contributed by atoms with Crippen LogP contribution in [0.25, 0.3) is 21.7 Å². The zero-order valence-electron chi connectivity index (χ0n) is 19.7. The van der Waals surface area contributed by atoms with Crippen LogP contribution in [0.5, 0.6) is 5.75 Å². The molecule has 4 rings (SSSR count). The lowest BCUT2D eigenvalue weighted by atomic mass is 10.3. The van der Waals surface area contributed by atoms with Gasteiger partial charge in [-0.3, -0.25) is 18.7 Å². The van der Waals surface area contributed by atoms with Crippen LogP contribution in [0.15, 0.2) is 52.4 Å². The Morgan fingerprint density at radius 1 is 1.19 bits per heavy atom. The summed E-state index contributed by atoms with van der Waals surface area (Å²) in [6.07, 6.45) is 0. The average molecular weight is 565 g/mol. The molecule has 0 radical (unpaired) electrons. The molecule has 2 aromatic carbocycles. The number of fused-ring (bicyclic) bond motifs is 1. The van der Waals surface area contributed by atoms with Gasteiger partial charge in [0.25, 0.3) is 5.56 Å². The van der Waals surface area contributed by atoms with E-state index in [0.29, 0.717) is 49.5 Å². The molecule has 0 N–H and O–H groups in total. The molecule has 1 amide bonds. The number of carbonyl (C=O) groups is 1. The van der Waals surface area contributed by atoms with E-state index >= 15 is 0 Å². The first-order valence-electron chi connectivity index (χ1n) is 11.0. The van der Waals surface area contributed by atoms with Gasteiger partial charge >= 0.3 is 0 Å². The van der Waals surface area contributed by atoms with E-state index in [1.165, 1.54) is 35.9 Å². The molecule has 12 heteroatoms. The highest BCUT2D eigenvalue weighted by Gasteiger charge is 2.22. The van der Waals surface area contributed by atoms with Gasteiger partial charge in [-0.25, -0.2) is 9.37 Å². The highest BCUT2D eigenvalue weighted by Crippen LogP contribution is 2.33. The van der Waals surface area contributed by atoms with Crippen molar-refractivity contribution >= 4 is 63.2 Å². The van der Waals surface area contributed by atoms with Crippen LogP contribution in [0, 0.1) is 9.77 Å². The van der Waals surface area contributed by atoms with E-state index in [2.05, 4.69) is 0 Å². The number of hydrogen-bond acceptors (Lipinski definition) is 7. The molecular weight excluding hydrogens is 543 g/mol. The highest BCUT2D eigenvalue weighted by atomic mass is 35.5. The highest BCUT2D eigenvalue weighted by molar-refractivity contribution is 7.99. The zero-order valence-corrected chi connectivity index (χ0v) is 22.9. The molecule has 0 bridgehead atoms. The molecular formula is C24H22ClFN4O3S3. The number of halogens is 2. The molecule has 0 aliphatic carbocycles. The van der Waals surface area contributed by atoms with Crippen molar-refractivity contribution in [2.24, 2.45) is 0 Å². The van der Waals surface area contributed by atoms with E-state index in [1.54, 1.807) is 27.7 Å². The Bertz CT molecular complexity index is 1550. The third-order valence-electron chi connectivity index (χ3n) is 5.48. The quantitative estimate of drug-likeness (QED) is 0.155. The summed E-state index contributed by atoms with van der Waals surface area (Å²) in [4.78, 5) is 33.0. The van der Waals surface area contributed by atoms with Gasteiger partial charge in [-0.1, -0.05) is 34.7 Å². The second-order valence-corrected chi connectivity index (χ2v) is 10.6. The fraction of sp³-hybridized carbons (Fsp3) is 0.250. The molecule has 0 spiro atoms. The minimum Gasteiger partial charge on any atom is -0.495 e. The van der Waals surface area contributed by atoms with Crippen molar-refractivity contribution in [1.82, 2.24) is 19.0 Å². The normalized spacial score (nSPS) is 11.1. The smallest absolute Gasteiger partial charge is 0.278 e. The van der Waals surface area contributed by atoms with Crippen LogP contribution in [0.2, 0.25) is 5.02 Å². The molecule has 0 fully saturated rings. The van der Waals surface area contributed by atoms with Gasteiger partial charge in [0, 0.05) is 18.1 Å². The third kappa shape index (κ3) is 5.06. The van der Waals surface area contributed by atoms with Gasteiger partial charge in [0.05, 0.1) is 24.2 Å². The number of aromatic nitrogens is 3. The second-order valence-electron chi connectivity index (χ2n) is 7.54. The monoisotopic (exact) mass is 564 g/mol. The molecule has 0 atom stereocenters. The first kappa shape index (κ1) is 26.3. The molecule has 2 heterocycles. The number of nitrogens with zero attached hydrogens (tertiary/aromatic N) is 4. The molecule has 0 aliphatic rings. The van der Waals surface area contributed by atoms with Crippen LogP contribution in [-0.4, -0.2) is 50.9 Å². The minimum atomic E-state index is -0.429. The van der Waals surface area contributed by atoms with Gasteiger partial charge in [0.1, 0.15) is 16.3 Å². The van der Waals surface area contributed by atoms with Crippen LogP contribution in [-0.2, 0) is 4.79 Å². The fourth-order valence-electron chi connectivity index (χ4n) is 3.69. The Morgan fingerprint density at radius 2 is 1.89 bits per heavy atom. The third-order valence-corrected chi connectivity index (χ3v) is 7.99. The van der Waals surface area contributed by atoms with Crippen LogP contribution in [0.4, 0.5) is 4.39 Å². The van der Waals surface area contributed by atoms with Crippen molar-refractivity contribution in [3.8, 4) is 17.1 Å². The maximum absolute atomic E-state index is 13.8. The van der Waals surface area contributed by atoms with E-state index in [0.717, 1.165) is 23.1 Å². The van der Waals surface area contributed by atoms with Crippen molar-refractivity contribution in [2.75, 3.05) is 26.0 Å². The predicted molar refractivity (Wildman–Crippen MR) is 146 cm³/mol. The summed E-state index contributed by atoms with van der Waals surface area (Å²) in [5.74, 6) is 0.0718. The van der Waals surface area contributed by atoms with Crippen molar-refractivity contribution < 1.29 is 13.9 Å². The summed E-state index contributed by atoms with van der Waals surface area (Å²) in [7, 11) is 1.53. The molecule has 4 aromatic rings. The Labute approximate surface area is 225 Å². The maximum atomic E-state index is 13.8. The van der Waals surface area contributed by atoms with E-state index in [4.69, 9.17) is 33.5 Å². The molecule has 0 saturated heterocycles. The topological polar surface area (TPSA) is 69.4 Å². The van der Waals surface area contributed by atoms with Gasteiger partial charge < -0.3 is 9.64 Å². The largest absolute Gasteiger partial charge is 0.495 e. The summed E-state index contributed by atoms with van der Waals surface area (Å²) in [5.41, 5.74) is 0.926. The summed E-state index contributed by atoms with van der Waals surface area (Å²) < 4.78 is 22.8. The first-order valence-corrected chi connectivity index (χ1v) is 13.6. The van der Waals surface area contributed by atoms with Crippen molar-refractivity contribution in [3.63, 3.8) is 0 Å². The van der Waals surface area contributed by atoms with Gasteiger partial charge in [-0.2, -0.15) is 0 Å². The number of carbonyl (C=O) groups excluding carboxylic acids is 1. The van der Waals surface area contributed by atoms with Gasteiger partial charge in [-0.05, 0) is 68.5 Å². The number of methoxy groups -OCH3 is 1. The number of rotatable bonds is 8. The molecule has 0 aliphatic heterocycles. The number of thiazole rings is 1. The van der Waals surface area contributed by atoms with Crippen molar-refractivity contribution in [1.29, 1.82) is 0 Å². The number of hydrogen-bond donors (Lipinski definition) is 0. The molecule has 188 valence electrons. The van der Waals surface area contributed by atoms with E-state index < -0.39 is 5.82 Å². The van der Waals surface area contributed by atoms with Gasteiger partial charge in [0.15, 0.2) is 14.8 Å². The van der Waals surface area contributed by atoms with Crippen molar-refractivity contribution in [2.45, 2.75) is 19.0 Å². The van der Waals surface area contributed by atoms with Crippen LogP contribution in [0.3, 0.4) is 0 Å². The second kappa shape index (κ2) is 11.1. The van der Waals surface area contributed by atoms with E-state index in [9.17, 15) is 14.0 Å². The Morgan fingerprint density at radius 3 is 2.53 bits per heavy atom. The number of amides is 1. The van der Waals surface area contributed by atoms with E-state index in [-0.39, 0.29) is 22.4 Å². The molecule has 2 aromatic heterocycles. The Balaban J connectivity index is 1.96. The van der Waals surface area contributed by atoms with Gasteiger partial charge in [0.2, 0.25) is 5.91 Å². The molecule has 7 nitrogen and oxygen atoms in total. The van der Waals surface area contributed by atoms with E-state index in [1.807, 2.05) is 13.8 Å². The van der Waals surface area contributed by atoms with Gasteiger partial charge in [-0.15, -0.1) is 0 Å². The molecule has 0 saturated carbocycles. The number of benzene rings is 2. The lowest BCUT2D eigenvalue weighted by Crippen LogP contribution is -2.32. The van der Waals surface area contributed by atoms with Crippen molar-refractivity contribution in [3.05, 3.63) is 67.6 Å². The summed E-state index contributed by atoms with van der Waals surface area (Å²) in [5, 5.41) is 0.744. The van der Waals surface area contributed by atoms with Crippen LogP contribution >= 0.6 is 46.9 Å². The molecule has 0 unspecified atom stereocenters. The lowest BCUT2D eigenvalue weighted by molar-refractivity contribution is -0.127. The lowest BCUT2D eigenvalue weighted by Gasteiger charge is -2.19. The number of thioether (sulfide) groups is 1. The zero-order chi connectivity index (χ0) is 26.0. The Kier molecular flexibility index (Phi) is 8.13. The van der Waals surface area contributed by atoms with Crippen LogP contribution < -0.4 is 10.3 Å². The SMILES string of the molecule is CCN(CC)C(=O)CSc1nc2c(sc(=S)n2-c2cc(Cl)ccc2OC)c(=O)n1-c1ccc(F)cc1. The number of ether oxygens (including phenoxy) is 1. The summed E-state index contributed by atoms with van der Waals surface area (Å²) in [6.45, 7) is 4.96. The summed E-state index contributed by atoms with van der Waals surface area (Å²) >= 11 is 14.1. The minimum absolute atomic E-state index is 0.0756. The fourth-order valence-corrected chi connectivity index (χ4v) is 6.06. The standard InChI is InChI=1S/C24H22ClFN4O3S3/c1-4-28(5-2)19(31)13-35-23-27-21-20(22(32)29(23)16-9-7-15(26)8-10-16)36-24(34)30(21)17-12-14(25)6-11-18(17)33-3/h6-12H,4-5,13H2,1-3H3. The average Bonchev–Trinajstić information content (AvgIpc) is 3.20. The van der Waals surface area contributed by atoms with Crippen LogP contribution in [0.1, 0.15) is 13.8 Å². The summed E-state index contributed by atoms with van der Waals surface area (Å²) in [6, 6.07) is 10.6. The Hall–Kier alpha value is -2.73. The molecule has 36 heavy (non-hydrogen) atoms. The first-order chi connectivity index (χ1) is 17.3. The maximum Gasteiger partial charge on any atom is 0.278 e. The predicted octanol–water partition coefficient (Wildman–Crippen LogP) is 5.73.